The minimum Gasteiger partial charge on any atom is -0.467 e. The zero-order valence-electron chi connectivity index (χ0n) is 12.4. The van der Waals surface area contributed by atoms with E-state index in [0.717, 1.165) is 28.1 Å². The van der Waals surface area contributed by atoms with Crippen LogP contribution < -0.4 is 0 Å². The van der Waals surface area contributed by atoms with E-state index in [1.54, 1.807) is 18.0 Å². The molecule has 0 radical (unpaired) electrons. The number of hydrogen-bond acceptors (Lipinski definition) is 4. The lowest BCUT2D eigenvalue weighted by molar-refractivity contribution is 0.485. The van der Waals surface area contributed by atoms with Crippen molar-refractivity contribution in [2.75, 3.05) is 5.75 Å². The maximum Gasteiger partial charge on any atom is 0.192 e. The van der Waals surface area contributed by atoms with E-state index in [1.165, 1.54) is 5.56 Å². The fourth-order valence-corrected chi connectivity index (χ4v) is 2.93. The lowest BCUT2D eigenvalue weighted by Crippen LogP contribution is -2.04. The summed E-state index contributed by atoms with van der Waals surface area (Å²) in [7, 11) is 0. The highest BCUT2D eigenvalue weighted by atomic mass is 32.2. The van der Waals surface area contributed by atoms with E-state index in [9.17, 15) is 0 Å². The van der Waals surface area contributed by atoms with Gasteiger partial charge in [0.2, 0.25) is 0 Å². The Balaban J connectivity index is 2.04. The van der Waals surface area contributed by atoms with E-state index in [4.69, 9.17) is 4.42 Å². The molecule has 0 spiro atoms. The van der Waals surface area contributed by atoms with E-state index < -0.39 is 0 Å². The van der Waals surface area contributed by atoms with Crippen LogP contribution in [0.2, 0.25) is 0 Å². The van der Waals surface area contributed by atoms with Crippen molar-refractivity contribution in [3.05, 3.63) is 66.6 Å². The van der Waals surface area contributed by atoms with Gasteiger partial charge in [0.1, 0.15) is 5.76 Å². The van der Waals surface area contributed by atoms with Gasteiger partial charge < -0.3 is 4.42 Å². The van der Waals surface area contributed by atoms with Crippen molar-refractivity contribution >= 4 is 11.8 Å². The topological polar surface area (TPSA) is 43.9 Å². The van der Waals surface area contributed by atoms with Gasteiger partial charge in [0.05, 0.1) is 12.8 Å². The molecule has 0 bridgehead atoms. The maximum absolute atomic E-state index is 5.48. The summed E-state index contributed by atoms with van der Waals surface area (Å²) in [5.41, 5.74) is 2.27. The van der Waals surface area contributed by atoms with Gasteiger partial charge in [-0.3, -0.25) is 4.57 Å². The summed E-state index contributed by atoms with van der Waals surface area (Å²) in [4.78, 5) is 0. The van der Waals surface area contributed by atoms with Crippen LogP contribution in [0.5, 0.6) is 0 Å². The Labute approximate surface area is 133 Å². The van der Waals surface area contributed by atoms with Crippen LogP contribution in [0.25, 0.3) is 11.4 Å². The zero-order valence-corrected chi connectivity index (χ0v) is 13.2. The lowest BCUT2D eigenvalue weighted by atomic mass is 10.1. The average molecular weight is 311 g/mol. The van der Waals surface area contributed by atoms with E-state index in [2.05, 4.69) is 40.4 Å². The Morgan fingerprint density at radius 2 is 2.09 bits per heavy atom. The molecule has 112 valence electrons. The summed E-state index contributed by atoms with van der Waals surface area (Å²) in [5, 5.41) is 9.60. The molecular weight excluding hydrogens is 294 g/mol. The van der Waals surface area contributed by atoms with Gasteiger partial charge in [0, 0.05) is 11.3 Å². The number of benzene rings is 1. The number of rotatable bonds is 6. The molecule has 0 fully saturated rings. The van der Waals surface area contributed by atoms with Crippen LogP contribution in [0.4, 0.5) is 0 Å². The predicted octanol–water partition coefficient (Wildman–Crippen LogP) is 4.17. The SMILES string of the molecule is C=CCSc1nnc(-c2ccccc2C)n1Cc1ccco1. The fraction of sp³-hybridized carbons (Fsp3) is 0.176. The molecule has 4 nitrogen and oxygen atoms in total. The summed E-state index contributed by atoms with van der Waals surface area (Å²) in [6, 6.07) is 12.1. The summed E-state index contributed by atoms with van der Waals surface area (Å²) >= 11 is 1.62. The van der Waals surface area contributed by atoms with E-state index in [1.807, 2.05) is 30.3 Å². The molecule has 0 aliphatic carbocycles. The van der Waals surface area contributed by atoms with Crippen LogP contribution in [-0.2, 0) is 6.54 Å². The number of aromatic nitrogens is 3. The highest BCUT2D eigenvalue weighted by Crippen LogP contribution is 2.27. The van der Waals surface area contributed by atoms with Crippen LogP contribution in [0.1, 0.15) is 11.3 Å². The van der Waals surface area contributed by atoms with Crippen molar-refractivity contribution in [1.82, 2.24) is 14.8 Å². The minimum absolute atomic E-state index is 0.614. The highest BCUT2D eigenvalue weighted by Gasteiger charge is 2.16. The van der Waals surface area contributed by atoms with Gasteiger partial charge in [-0.2, -0.15) is 0 Å². The number of aryl methyl sites for hydroxylation is 1. The number of thioether (sulfide) groups is 1. The van der Waals surface area contributed by atoms with E-state index in [0.29, 0.717) is 6.54 Å². The molecule has 2 heterocycles. The van der Waals surface area contributed by atoms with E-state index >= 15 is 0 Å². The smallest absolute Gasteiger partial charge is 0.192 e. The first-order chi connectivity index (χ1) is 10.8. The van der Waals surface area contributed by atoms with E-state index in [-0.39, 0.29) is 0 Å². The van der Waals surface area contributed by atoms with Crippen molar-refractivity contribution in [2.24, 2.45) is 0 Å². The summed E-state index contributed by atoms with van der Waals surface area (Å²) < 4.78 is 7.57. The molecule has 5 heteroatoms. The first-order valence-electron chi connectivity index (χ1n) is 7.05. The van der Waals surface area contributed by atoms with Gasteiger partial charge >= 0.3 is 0 Å². The van der Waals surface area contributed by atoms with Crippen molar-refractivity contribution < 1.29 is 4.42 Å². The molecule has 2 aromatic heterocycles. The molecule has 22 heavy (non-hydrogen) atoms. The molecule has 0 unspecified atom stereocenters. The predicted molar refractivity (Wildman–Crippen MR) is 88.9 cm³/mol. The molecule has 0 N–H and O–H groups in total. The second kappa shape index (κ2) is 6.66. The molecular formula is C17H17N3OS. The van der Waals surface area contributed by atoms with Gasteiger partial charge in [-0.15, -0.1) is 16.8 Å². The first kappa shape index (κ1) is 14.7. The zero-order chi connectivity index (χ0) is 15.4. The third-order valence-corrected chi connectivity index (χ3v) is 4.29. The molecule has 1 aromatic carbocycles. The van der Waals surface area contributed by atoms with Crippen LogP contribution >= 0.6 is 11.8 Å². The van der Waals surface area contributed by atoms with Crippen LogP contribution in [0.15, 0.2) is 64.9 Å². The van der Waals surface area contributed by atoms with Gasteiger partial charge in [-0.1, -0.05) is 42.1 Å². The number of nitrogens with zero attached hydrogens (tertiary/aromatic N) is 3. The standard InChI is InChI=1S/C17H17N3OS/c1-3-11-22-17-19-18-16(15-9-5-4-7-13(15)2)20(17)12-14-8-6-10-21-14/h3-10H,1,11-12H2,2H3. The Bertz CT molecular complexity index is 762. The Morgan fingerprint density at radius 3 is 2.82 bits per heavy atom. The quantitative estimate of drug-likeness (QED) is 0.506. The second-order valence-electron chi connectivity index (χ2n) is 4.89. The van der Waals surface area contributed by atoms with Gasteiger partial charge in [-0.25, -0.2) is 0 Å². The number of hydrogen-bond donors (Lipinski definition) is 0. The van der Waals surface area contributed by atoms with Crippen LogP contribution in [0.3, 0.4) is 0 Å². The molecule has 0 saturated heterocycles. The lowest BCUT2D eigenvalue weighted by Gasteiger charge is -2.10. The van der Waals surface area contributed by atoms with Crippen molar-refractivity contribution in [2.45, 2.75) is 18.6 Å². The summed E-state index contributed by atoms with van der Waals surface area (Å²) in [5.74, 6) is 2.54. The summed E-state index contributed by atoms with van der Waals surface area (Å²) in [6.45, 7) is 6.46. The highest BCUT2D eigenvalue weighted by molar-refractivity contribution is 7.99. The normalized spacial score (nSPS) is 10.8. The largest absolute Gasteiger partial charge is 0.467 e. The monoisotopic (exact) mass is 311 g/mol. The number of furan rings is 1. The third-order valence-electron chi connectivity index (χ3n) is 3.33. The Hall–Kier alpha value is -2.27. The molecule has 3 rings (SSSR count). The molecule has 0 amide bonds. The third kappa shape index (κ3) is 2.99. The van der Waals surface area contributed by atoms with Crippen LogP contribution in [0, 0.1) is 6.92 Å². The molecule has 3 aromatic rings. The first-order valence-corrected chi connectivity index (χ1v) is 8.03. The Kier molecular flexibility index (Phi) is 4.44. The van der Waals surface area contributed by atoms with Crippen molar-refractivity contribution in [1.29, 1.82) is 0 Å². The molecule has 0 atom stereocenters. The average Bonchev–Trinajstić information content (AvgIpc) is 3.17. The van der Waals surface area contributed by atoms with Gasteiger partial charge in [-0.05, 0) is 24.6 Å². The van der Waals surface area contributed by atoms with Crippen molar-refractivity contribution in [3.8, 4) is 11.4 Å². The molecule has 0 aliphatic rings. The van der Waals surface area contributed by atoms with Gasteiger partial charge in [0.15, 0.2) is 11.0 Å². The van der Waals surface area contributed by atoms with Gasteiger partial charge in [0.25, 0.3) is 0 Å². The molecule has 0 saturated carbocycles. The van der Waals surface area contributed by atoms with Crippen LogP contribution in [-0.4, -0.2) is 20.5 Å². The second-order valence-corrected chi connectivity index (χ2v) is 5.87. The molecule has 0 aliphatic heterocycles. The minimum atomic E-state index is 0.614. The Morgan fingerprint density at radius 1 is 1.23 bits per heavy atom. The summed E-state index contributed by atoms with van der Waals surface area (Å²) in [6.07, 6.45) is 3.55. The van der Waals surface area contributed by atoms with Crippen molar-refractivity contribution in [3.63, 3.8) is 0 Å². The maximum atomic E-state index is 5.48. The fourth-order valence-electron chi connectivity index (χ4n) is 2.25.